The van der Waals surface area contributed by atoms with E-state index in [0.717, 1.165) is 45.4 Å². The summed E-state index contributed by atoms with van der Waals surface area (Å²) in [5.41, 5.74) is 6.21. The van der Waals surface area contributed by atoms with Gasteiger partial charge >= 0.3 is 0 Å². The molecule has 2 aromatic carbocycles. The highest BCUT2D eigenvalue weighted by Crippen LogP contribution is 2.28. The van der Waals surface area contributed by atoms with Gasteiger partial charge in [-0.2, -0.15) is 5.10 Å². The molecule has 0 unspecified atom stereocenters. The Morgan fingerprint density at radius 2 is 2.19 bits per heavy atom. The molecule has 6 nitrogen and oxygen atoms in total. The van der Waals surface area contributed by atoms with Gasteiger partial charge in [0.2, 0.25) is 0 Å². The highest BCUT2D eigenvalue weighted by molar-refractivity contribution is 9.10. The minimum Gasteiger partial charge on any atom is -0.493 e. The standard InChI is InChI=1S/C19H17BrN4O2/c20-13-7-8-14-15(5-3-9-26-18(14)10-13)22-23-19(25)11-24-12-21-16-4-1-2-6-17(16)24/h1-2,4,6-8,10,12H,3,5,9,11H2,(H,23,25). The van der Waals surface area contributed by atoms with Crippen LogP contribution >= 0.6 is 15.9 Å². The quantitative estimate of drug-likeness (QED) is 0.669. The lowest BCUT2D eigenvalue weighted by Crippen LogP contribution is -2.24. The van der Waals surface area contributed by atoms with Crippen LogP contribution in [0.4, 0.5) is 0 Å². The number of carbonyl (C=O) groups excluding carboxylic acids is 1. The molecule has 7 heteroatoms. The first kappa shape index (κ1) is 16.8. The fourth-order valence-electron chi connectivity index (χ4n) is 2.98. The van der Waals surface area contributed by atoms with Gasteiger partial charge in [-0.05, 0) is 43.2 Å². The number of benzene rings is 2. The van der Waals surface area contributed by atoms with Crippen molar-refractivity contribution >= 4 is 38.6 Å². The van der Waals surface area contributed by atoms with Gasteiger partial charge in [-0.3, -0.25) is 4.79 Å². The molecule has 3 aromatic rings. The maximum atomic E-state index is 12.3. The van der Waals surface area contributed by atoms with Gasteiger partial charge in [0.05, 0.1) is 29.7 Å². The largest absolute Gasteiger partial charge is 0.493 e. The summed E-state index contributed by atoms with van der Waals surface area (Å²) in [5.74, 6) is 0.593. The number of para-hydroxylation sites is 2. The molecule has 1 aromatic heterocycles. The lowest BCUT2D eigenvalue weighted by atomic mass is 10.1. The average molecular weight is 413 g/mol. The minimum atomic E-state index is -0.190. The van der Waals surface area contributed by atoms with Crippen molar-refractivity contribution in [3.05, 3.63) is 58.8 Å². The summed E-state index contributed by atoms with van der Waals surface area (Å²) in [6.45, 7) is 0.804. The van der Waals surface area contributed by atoms with Crippen LogP contribution in [0.3, 0.4) is 0 Å². The maximum Gasteiger partial charge on any atom is 0.260 e. The number of amides is 1. The van der Waals surface area contributed by atoms with E-state index in [1.165, 1.54) is 0 Å². The molecule has 1 N–H and O–H groups in total. The zero-order valence-electron chi connectivity index (χ0n) is 14.0. The number of hydrogen-bond acceptors (Lipinski definition) is 4. The molecule has 0 atom stereocenters. The Morgan fingerprint density at radius 3 is 3.12 bits per heavy atom. The average Bonchev–Trinajstić information content (AvgIpc) is 2.93. The molecule has 4 rings (SSSR count). The summed E-state index contributed by atoms with van der Waals surface area (Å²) in [7, 11) is 0. The molecule has 0 fully saturated rings. The van der Waals surface area contributed by atoms with Crippen LogP contribution in [-0.4, -0.2) is 27.8 Å². The normalized spacial score (nSPS) is 15.3. The van der Waals surface area contributed by atoms with Crippen LogP contribution in [-0.2, 0) is 11.3 Å². The molecular weight excluding hydrogens is 396 g/mol. The molecule has 0 spiro atoms. The zero-order valence-corrected chi connectivity index (χ0v) is 15.6. The molecule has 1 amide bonds. The van der Waals surface area contributed by atoms with Gasteiger partial charge in [0.25, 0.3) is 5.91 Å². The lowest BCUT2D eigenvalue weighted by molar-refractivity contribution is -0.121. The fourth-order valence-corrected chi connectivity index (χ4v) is 3.32. The zero-order chi connectivity index (χ0) is 17.9. The predicted octanol–water partition coefficient (Wildman–Crippen LogP) is 3.49. The first-order valence-corrected chi connectivity index (χ1v) is 9.18. The van der Waals surface area contributed by atoms with E-state index in [2.05, 4.69) is 31.4 Å². The number of imidazole rings is 1. The number of ether oxygens (including phenoxy) is 1. The third-order valence-corrected chi connectivity index (χ3v) is 4.72. The molecule has 2 heterocycles. The number of aromatic nitrogens is 2. The molecular formula is C19H17BrN4O2. The number of hydrogen-bond donors (Lipinski definition) is 1. The van der Waals surface area contributed by atoms with Crippen molar-refractivity contribution in [2.45, 2.75) is 19.4 Å². The number of hydrazone groups is 1. The van der Waals surface area contributed by atoms with Crippen molar-refractivity contribution in [3.63, 3.8) is 0 Å². The highest BCUT2D eigenvalue weighted by atomic mass is 79.9. The van der Waals surface area contributed by atoms with E-state index >= 15 is 0 Å². The predicted molar refractivity (Wildman–Crippen MR) is 103 cm³/mol. The van der Waals surface area contributed by atoms with E-state index in [4.69, 9.17) is 4.74 Å². The fraction of sp³-hybridized carbons (Fsp3) is 0.211. The van der Waals surface area contributed by atoms with Gasteiger partial charge in [-0.15, -0.1) is 0 Å². The van der Waals surface area contributed by atoms with Gasteiger partial charge in [-0.25, -0.2) is 10.4 Å². The molecule has 1 aliphatic heterocycles. The Bertz CT molecular complexity index is 996. The van der Waals surface area contributed by atoms with Crippen molar-refractivity contribution in [2.24, 2.45) is 5.10 Å². The molecule has 1 aliphatic rings. The highest BCUT2D eigenvalue weighted by Gasteiger charge is 2.16. The van der Waals surface area contributed by atoms with Crippen molar-refractivity contribution in [1.82, 2.24) is 15.0 Å². The molecule has 132 valence electrons. The monoisotopic (exact) mass is 412 g/mol. The number of halogens is 1. The number of rotatable bonds is 3. The Balaban J connectivity index is 1.51. The molecule has 26 heavy (non-hydrogen) atoms. The number of carbonyl (C=O) groups is 1. The summed E-state index contributed by atoms with van der Waals surface area (Å²) in [6, 6.07) is 13.6. The van der Waals surface area contributed by atoms with Crippen LogP contribution in [0.1, 0.15) is 18.4 Å². The van der Waals surface area contributed by atoms with Crippen molar-refractivity contribution in [1.29, 1.82) is 0 Å². The van der Waals surface area contributed by atoms with Gasteiger partial charge in [0.15, 0.2) is 0 Å². The second-order valence-electron chi connectivity index (χ2n) is 6.05. The van der Waals surface area contributed by atoms with E-state index in [0.29, 0.717) is 6.61 Å². The van der Waals surface area contributed by atoms with Crippen LogP contribution in [0.25, 0.3) is 11.0 Å². The summed E-state index contributed by atoms with van der Waals surface area (Å²) < 4.78 is 8.53. The van der Waals surface area contributed by atoms with Gasteiger partial charge < -0.3 is 9.30 Å². The van der Waals surface area contributed by atoms with Crippen molar-refractivity contribution < 1.29 is 9.53 Å². The van der Waals surface area contributed by atoms with Crippen LogP contribution in [0.15, 0.2) is 58.4 Å². The van der Waals surface area contributed by atoms with Gasteiger partial charge in [-0.1, -0.05) is 28.1 Å². The molecule has 0 saturated heterocycles. The second-order valence-corrected chi connectivity index (χ2v) is 6.96. The summed E-state index contributed by atoms with van der Waals surface area (Å²) in [6.07, 6.45) is 3.28. The van der Waals surface area contributed by atoms with Crippen LogP contribution in [0.2, 0.25) is 0 Å². The Hall–Kier alpha value is -2.67. The van der Waals surface area contributed by atoms with Crippen LogP contribution < -0.4 is 10.2 Å². The lowest BCUT2D eigenvalue weighted by Gasteiger charge is -2.09. The number of nitrogens with one attached hydrogen (secondary N) is 1. The van der Waals surface area contributed by atoms with Crippen molar-refractivity contribution in [3.8, 4) is 5.75 Å². The first-order chi connectivity index (χ1) is 12.7. The van der Waals surface area contributed by atoms with Gasteiger partial charge in [0, 0.05) is 10.0 Å². The Kier molecular flexibility index (Phi) is 4.71. The second kappa shape index (κ2) is 7.29. The van der Waals surface area contributed by atoms with Crippen LogP contribution in [0.5, 0.6) is 5.75 Å². The van der Waals surface area contributed by atoms with E-state index in [1.54, 1.807) is 6.33 Å². The number of nitrogens with zero attached hydrogens (tertiary/aromatic N) is 3. The minimum absolute atomic E-state index is 0.168. The topological polar surface area (TPSA) is 68.5 Å². The Labute approximate surface area is 159 Å². The SMILES string of the molecule is O=C(Cn1cnc2ccccc21)NN=C1CCCOc2cc(Br)ccc21. The van der Waals surface area contributed by atoms with E-state index in [9.17, 15) is 4.79 Å². The van der Waals surface area contributed by atoms with E-state index in [1.807, 2.05) is 47.0 Å². The summed E-state index contributed by atoms with van der Waals surface area (Å²) >= 11 is 3.45. The summed E-state index contributed by atoms with van der Waals surface area (Å²) in [5, 5.41) is 4.36. The third-order valence-electron chi connectivity index (χ3n) is 4.23. The molecule has 0 aliphatic carbocycles. The molecule has 0 radical (unpaired) electrons. The molecule has 0 bridgehead atoms. The number of fused-ring (bicyclic) bond motifs is 2. The van der Waals surface area contributed by atoms with E-state index < -0.39 is 0 Å². The third kappa shape index (κ3) is 3.48. The summed E-state index contributed by atoms with van der Waals surface area (Å²) in [4.78, 5) is 16.6. The van der Waals surface area contributed by atoms with Crippen molar-refractivity contribution in [2.75, 3.05) is 6.61 Å². The Morgan fingerprint density at radius 1 is 1.31 bits per heavy atom. The first-order valence-electron chi connectivity index (χ1n) is 8.39. The van der Waals surface area contributed by atoms with E-state index in [-0.39, 0.29) is 12.5 Å². The maximum absolute atomic E-state index is 12.3. The molecule has 0 saturated carbocycles. The van der Waals surface area contributed by atoms with Crippen LogP contribution in [0, 0.1) is 0 Å². The van der Waals surface area contributed by atoms with Gasteiger partial charge in [0.1, 0.15) is 12.3 Å². The smallest absolute Gasteiger partial charge is 0.260 e.